The van der Waals surface area contributed by atoms with Crippen molar-refractivity contribution < 1.29 is 5.11 Å². The van der Waals surface area contributed by atoms with Gasteiger partial charge in [0.1, 0.15) is 5.75 Å². The van der Waals surface area contributed by atoms with Crippen molar-refractivity contribution in [3.8, 4) is 5.75 Å². The quantitative estimate of drug-likeness (QED) is 0.236. The zero-order chi connectivity index (χ0) is 28.3. The second-order valence-corrected chi connectivity index (χ2v) is 12.9. The summed E-state index contributed by atoms with van der Waals surface area (Å²) in [5, 5.41) is 14.1. The maximum Gasteiger partial charge on any atom is 0.117 e. The average molecular weight is 547 g/mol. The van der Waals surface area contributed by atoms with E-state index in [1.54, 1.807) is 6.07 Å². The molecule has 2 fully saturated rings. The number of phenols is 1. The number of aryl methyl sites for hydroxylation is 2. The summed E-state index contributed by atoms with van der Waals surface area (Å²) in [6, 6.07) is 24.2. The molecule has 6 rings (SSSR count). The summed E-state index contributed by atoms with van der Waals surface area (Å²) < 4.78 is 0. The highest BCUT2D eigenvalue weighted by atomic mass is 16.3. The first-order chi connectivity index (χ1) is 19.9. The van der Waals surface area contributed by atoms with Gasteiger partial charge in [-0.3, -0.25) is 0 Å². The Morgan fingerprint density at radius 1 is 0.951 bits per heavy atom. The second-order valence-electron chi connectivity index (χ2n) is 12.9. The largest absolute Gasteiger partial charge is 0.508 e. The molecule has 0 amide bonds. The van der Waals surface area contributed by atoms with Crippen molar-refractivity contribution in [3.05, 3.63) is 113 Å². The van der Waals surface area contributed by atoms with Crippen molar-refractivity contribution in [3.63, 3.8) is 0 Å². The summed E-state index contributed by atoms with van der Waals surface area (Å²) in [6.07, 6.45) is 10.8. The predicted octanol–water partition coefficient (Wildman–Crippen LogP) is 8.95. The molecule has 2 atom stereocenters. The first-order valence-electron chi connectivity index (χ1n) is 15.8. The van der Waals surface area contributed by atoms with Crippen LogP contribution in [-0.2, 0) is 12.8 Å². The molecule has 0 spiro atoms. The monoisotopic (exact) mass is 546 g/mol. The zero-order valence-corrected chi connectivity index (χ0v) is 24.7. The molecule has 3 nitrogen and oxygen atoms in total. The molecule has 214 valence electrons. The van der Waals surface area contributed by atoms with Crippen LogP contribution in [-0.4, -0.2) is 18.2 Å². The van der Waals surface area contributed by atoms with E-state index in [2.05, 4.69) is 78.8 Å². The molecule has 2 unspecified atom stereocenters. The maximum absolute atomic E-state index is 10.4. The fraction of sp³-hybridized carbons (Fsp3) is 0.421. The molecule has 3 aromatic rings. The SMILES string of the molecule is C=C(C)CC(c1cccc(CCC2CCN(c3cc(O)ccc3C(=C)NC3CCc4ccccc43)CC2)c1)C1CC1. The minimum absolute atomic E-state index is 0.296. The Balaban J connectivity index is 1.06. The van der Waals surface area contributed by atoms with Gasteiger partial charge in [0.25, 0.3) is 0 Å². The fourth-order valence-corrected chi connectivity index (χ4v) is 7.28. The number of allylic oxidation sites excluding steroid dienone is 1. The first kappa shape index (κ1) is 27.7. The van der Waals surface area contributed by atoms with Gasteiger partial charge < -0.3 is 15.3 Å². The van der Waals surface area contributed by atoms with Crippen LogP contribution in [0.25, 0.3) is 5.70 Å². The van der Waals surface area contributed by atoms with Crippen molar-refractivity contribution in [2.75, 3.05) is 18.0 Å². The van der Waals surface area contributed by atoms with Crippen LogP contribution in [0.15, 0.2) is 85.5 Å². The lowest BCUT2D eigenvalue weighted by Crippen LogP contribution is -2.34. The number of nitrogens with one attached hydrogen (secondary N) is 1. The van der Waals surface area contributed by atoms with Gasteiger partial charge in [-0.15, -0.1) is 6.58 Å². The molecule has 0 radical (unpaired) electrons. The molecule has 1 heterocycles. The lowest BCUT2D eigenvalue weighted by molar-refractivity contribution is 0.381. The summed E-state index contributed by atoms with van der Waals surface area (Å²) in [5.41, 5.74) is 10.3. The van der Waals surface area contributed by atoms with Crippen LogP contribution in [0.5, 0.6) is 5.75 Å². The molecular formula is C38H46N2O. The maximum atomic E-state index is 10.4. The van der Waals surface area contributed by atoms with Crippen LogP contribution >= 0.6 is 0 Å². The van der Waals surface area contributed by atoms with Gasteiger partial charge in [0.2, 0.25) is 0 Å². The molecule has 2 aliphatic carbocycles. The number of anilines is 1. The Kier molecular flexibility index (Phi) is 8.23. The normalized spacial score (nSPS) is 19.5. The Hall–Kier alpha value is -3.46. The van der Waals surface area contributed by atoms with Crippen molar-refractivity contribution in [1.29, 1.82) is 0 Å². The molecular weight excluding hydrogens is 500 g/mol. The highest BCUT2D eigenvalue weighted by Crippen LogP contribution is 2.46. The van der Waals surface area contributed by atoms with Gasteiger partial charge in [0, 0.05) is 36.1 Å². The number of aromatic hydroxyl groups is 1. The number of hydrogen-bond donors (Lipinski definition) is 2. The van der Waals surface area contributed by atoms with E-state index in [0.29, 0.717) is 17.7 Å². The molecule has 3 aromatic carbocycles. The van der Waals surface area contributed by atoms with E-state index in [9.17, 15) is 5.11 Å². The van der Waals surface area contributed by atoms with Gasteiger partial charge in [-0.1, -0.05) is 60.7 Å². The number of piperidine rings is 1. The van der Waals surface area contributed by atoms with E-state index >= 15 is 0 Å². The summed E-state index contributed by atoms with van der Waals surface area (Å²) in [5.74, 6) is 2.57. The van der Waals surface area contributed by atoms with Gasteiger partial charge in [-0.2, -0.15) is 0 Å². The van der Waals surface area contributed by atoms with E-state index in [4.69, 9.17) is 0 Å². The lowest BCUT2D eigenvalue weighted by atomic mass is 9.86. The minimum atomic E-state index is 0.296. The van der Waals surface area contributed by atoms with Crippen molar-refractivity contribution >= 4 is 11.4 Å². The molecule has 1 saturated carbocycles. The molecule has 0 aromatic heterocycles. The minimum Gasteiger partial charge on any atom is -0.508 e. The van der Waals surface area contributed by atoms with Gasteiger partial charge in [0.15, 0.2) is 0 Å². The van der Waals surface area contributed by atoms with Gasteiger partial charge in [-0.05, 0) is 117 Å². The van der Waals surface area contributed by atoms with Crippen LogP contribution in [0.2, 0.25) is 0 Å². The topological polar surface area (TPSA) is 35.5 Å². The molecule has 2 N–H and O–H groups in total. The van der Waals surface area contributed by atoms with E-state index in [0.717, 1.165) is 67.6 Å². The molecule has 1 aliphatic heterocycles. The van der Waals surface area contributed by atoms with Crippen LogP contribution in [0.1, 0.15) is 91.6 Å². The van der Waals surface area contributed by atoms with Gasteiger partial charge in [-0.25, -0.2) is 0 Å². The fourth-order valence-electron chi connectivity index (χ4n) is 7.28. The summed E-state index contributed by atoms with van der Waals surface area (Å²) in [6.45, 7) is 12.9. The molecule has 1 saturated heterocycles. The average Bonchev–Trinajstić information content (AvgIpc) is 3.75. The number of fused-ring (bicyclic) bond motifs is 1. The van der Waals surface area contributed by atoms with Gasteiger partial charge >= 0.3 is 0 Å². The van der Waals surface area contributed by atoms with Crippen LogP contribution < -0.4 is 10.2 Å². The van der Waals surface area contributed by atoms with Crippen LogP contribution in [0.4, 0.5) is 5.69 Å². The van der Waals surface area contributed by atoms with E-state index < -0.39 is 0 Å². The Labute approximate surface area is 247 Å². The number of benzene rings is 3. The molecule has 3 heteroatoms. The predicted molar refractivity (Wildman–Crippen MR) is 172 cm³/mol. The van der Waals surface area contributed by atoms with E-state index in [1.165, 1.54) is 59.9 Å². The Morgan fingerprint density at radius 2 is 1.76 bits per heavy atom. The van der Waals surface area contributed by atoms with Crippen LogP contribution in [0.3, 0.4) is 0 Å². The highest BCUT2D eigenvalue weighted by molar-refractivity contribution is 5.76. The summed E-state index contributed by atoms with van der Waals surface area (Å²) in [7, 11) is 0. The standard InChI is InChI=1S/C38H46N2O/c1-26(2)23-36(31-13-14-31)32-9-6-7-29(24-32)12-11-28-19-21-40(22-20-28)38-25-33(41)16-17-34(38)27(3)39-37-18-15-30-8-4-5-10-35(30)37/h4-10,16-17,24-25,28,31,36-37,39,41H,1,3,11-15,18-23H2,2H3. The number of nitrogens with zero attached hydrogens (tertiary/aromatic N) is 1. The van der Waals surface area contributed by atoms with Crippen molar-refractivity contribution in [2.24, 2.45) is 11.8 Å². The van der Waals surface area contributed by atoms with Crippen molar-refractivity contribution in [2.45, 2.75) is 76.7 Å². The smallest absolute Gasteiger partial charge is 0.117 e. The third-order valence-electron chi connectivity index (χ3n) is 9.72. The molecule has 0 bridgehead atoms. The number of rotatable bonds is 11. The van der Waals surface area contributed by atoms with Crippen molar-refractivity contribution in [1.82, 2.24) is 5.32 Å². The molecule has 3 aliphatic rings. The molecule has 41 heavy (non-hydrogen) atoms. The van der Waals surface area contributed by atoms with E-state index in [-0.39, 0.29) is 0 Å². The zero-order valence-electron chi connectivity index (χ0n) is 24.7. The van der Waals surface area contributed by atoms with E-state index in [1.807, 2.05) is 12.1 Å². The third kappa shape index (κ3) is 6.56. The van der Waals surface area contributed by atoms with Gasteiger partial charge in [0.05, 0.1) is 6.04 Å². The first-order valence-corrected chi connectivity index (χ1v) is 15.8. The Morgan fingerprint density at radius 3 is 2.54 bits per heavy atom. The second kappa shape index (κ2) is 12.2. The lowest BCUT2D eigenvalue weighted by Gasteiger charge is -2.35. The third-order valence-corrected chi connectivity index (χ3v) is 9.72. The summed E-state index contributed by atoms with van der Waals surface area (Å²) >= 11 is 0. The number of phenolic OH excluding ortho intramolecular Hbond substituents is 1. The highest BCUT2D eigenvalue weighted by Gasteiger charge is 2.32. The summed E-state index contributed by atoms with van der Waals surface area (Å²) in [4.78, 5) is 2.46. The number of hydrogen-bond acceptors (Lipinski definition) is 3. The van der Waals surface area contributed by atoms with Crippen LogP contribution in [0, 0.1) is 11.8 Å². The Bertz CT molecular complexity index is 1390.